The van der Waals surface area contributed by atoms with Crippen LogP contribution in [-0.4, -0.2) is 10.2 Å². The molecule has 0 saturated carbocycles. The predicted molar refractivity (Wildman–Crippen MR) is 65.1 cm³/mol. The van der Waals surface area contributed by atoms with Crippen LogP contribution in [0.3, 0.4) is 0 Å². The zero-order valence-corrected chi connectivity index (χ0v) is 8.99. The molecule has 0 bridgehead atoms. The highest BCUT2D eigenvalue weighted by molar-refractivity contribution is 5.95. The average molecular weight is 207 g/mol. The highest BCUT2D eigenvalue weighted by Crippen LogP contribution is 2.27. The van der Waals surface area contributed by atoms with Gasteiger partial charge >= 0.3 is 0 Å². The molecule has 1 heterocycles. The summed E-state index contributed by atoms with van der Waals surface area (Å²) in [6, 6.07) is 17.3. The number of nitrogens with one attached hydrogen (secondary N) is 1. The Morgan fingerprint density at radius 2 is 2.06 bits per heavy atom. The molecule has 1 N–H and O–H groups in total. The predicted octanol–water partition coefficient (Wildman–Crippen LogP) is 3.34. The topological polar surface area (TPSA) is 28.7 Å². The van der Waals surface area contributed by atoms with Gasteiger partial charge in [-0.1, -0.05) is 36.4 Å². The van der Waals surface area contributed by atoms with Gasteiger partial charge in [-0.3, -0.25) is 5.10 Å². The van der Waals surface area contributed by atoms with Gasteiger partial charge in [0.2, 0.25) is 0 Å². The van der Waals surface area contributed by atoms with Crippen molar-refractivity contribution in [2.45, 2.75) is 6.92 Å². The molecule has 0 aliphatic heterocycles. The standard InChI is InChI=1S/C14H11N2/c1-10-6-5-9-12-13(10)14(16-15-12)11-7-3-2-4-8-11/h2-7,9H,1H3,(H,15,16). The molecule has 2 heteroatoms. The molecule has 1 aromatic heterocycles. The summed E-state index contributed by atoms with van der Waals surface area (Å²) >= 11 is 0. The number of hydrogen-bond donors (Lipinski definition) is 1. The summed E-state index contributed by atoms with van der Waals surface area (Å²) in [5.74, 6) is 0. The van der Waals surface area contributed by atoms with Gasteiger partial charge in [-0.05, 0) is 24.6 Å². The van der Waals surface area contributed by atoms with Gasteiger partial charge < -0.3 is 0 Å². The molecule has 0 fully saturated rings. The highest BCUT2D eigenvalue weighted by atomic mass is 15.1. The Bertz CT molecular complexity index is 624. The Kier molecular flexibility index (Phi) is 2.00. The third-order valence-corrected chi connectivity index (χ3v) is 2.76. The fourth-order valence-electron chi connectivity index (χ4n) is 1.98. The second kappa shape index (κ2) is 3.49. The maximum atomic E-state index is 4.37. The highest BCUT2D eigenvalue weighted by Gasteiger charge is 2.09. The minimum absolute atomic E-state index is 0.980. The minimum atomic E-state index is 0.980. The molecule has 0 aliphatic carbocycles. The van der Waals surface area contributed by atoms with E-state index in [9.17, 15) is 0 Å². The van der Waals surface area contributed by atoms with Crippen molar-refractivity contribution in [2.75, 3.05) is 0 Å². The molecule has 0 spiro atoms. The first-order chi connectivity index (χ1) is 7.86. The van der Waals surface area contributed by atoms with E-state index in [-0.39, 0.29) is 0 Å². The van der Waals surface area contributed by atoms with Crippen LogP contribution in [0.4, 0.5) is 0 Å². The van der Waals surface area contributed by atoms with Crippen molar-refractivity contribution in [3.05, 3.63) is 54.1 Å². The maximum absolute atomic E-state index is 4.37. The fourth-order valence-corrected chi connectivity index (χ4v) is 1.98. The van der Waals surface area contributed by atoms with Crippen molar-refractivity contribution in [1.82, 2.24) is 10.2 Å². The molecule has 0 aliphatic rings. The van der Waals surface area contributed by atoms with Crippen LogP contribution in [0.5, 0.6) is 0 Å². The summed E-state index contributed by atoms with van der Waals surface area (Å²) in [6.45, 7) is 2.10. The molecule has 16 heavy (non-hydrogen) atoms. The summed E-state index contributed by atoms with van der Waals surface area (Å²) in [7, 11) is 0. The largest absolute Gasteiger partial charge is 0.277 e. The van der Waals surface area contributed by atoms with Crippen LogP contribution in [0.2, 0.25) is 0 Å². The van der Waals surface area contributed by atoms with E-state index in [2.05, 4.69) is 29.3 Å². The molecule has 0 atom stereocenters. The van der Waals surface area contributed by atoms with Gasteiger partial charge in [0.25, 0.3) is 0 Å². The molecule has 2 nitrogen and oxygen atoms in total. The number of nitrogens with zero attached hydrogens (tertiary/aromatic N) is 1. The van der Waals surface area contributed by atoms with Crippen LogP contribution in [-0.2, 0) is 0 Å². The normalized spacial score (nSPS) is 10.8. The summed E-state index contributed by atoms with van der Waals surface area (Å²) in [6.07, 6.45) is 0. The van der Waals surface area contributed by atoms with Crippen molar-refractivity contribution in [3.8, 4) is 11.3 Å². The van der Waals surface area contributed by atoms with Crippen LogP contribution in [0.25, 0.3) is 22.2 Å². The SMILES string of the molecule is Cc1cccc2[nH]nc(-c3[c]cccc3)c12. The molecule has 3 aromatic rings. The van der Waals surface area contributed by atoms with E-state index in [0.29, 0.717) is 0 Å². The first kappa shape index (κ1) is 9.16. The number of benzene rings is 2. The Morgan fingerprint density at radius 1 is 1.12 bits per heavy atom. The van der Waals surface area contributed by atoms with Crippen molar-refractivity contribution >= 4 is 10.9 Å². The summed E-state index contributed by atoms with van der Waals surface area (Å²) in [4.78, 5) is 0. The molecule has 0 unspecified atom stereocenters. The Balaban J connectivity index is 2.33. The molecule has 3 rings (SSSR count). The first-order valence-electron chi connectivity index (χ1n) is 5.27. The van der Waals surface area contributed by atoms with Crippen LogP contribution in [0.15, 0.2) is 42.5 Å². The number of hydrogen-bond acceptors (Lipinski definition) is 1. The second-order valence-electron chi connectivity index (χ2n) is 3.85. The number of fused-ring (bicyclic) bond motifs is 1. The number of aromatic amines is 1. The lowest BCUT2D eigenvalue weighted by Crippen LogP contribution is -1.80. The number of aryl methyl sites for hydroxylation is 1. The Hall–Kier alpha value is -2.09. The number of aromatic nitrogens is 2. The quantitative estimate of drug-likeness (QED) is 0.651. The second-order valence-corrected chi connectivity index (χ2v) is 3.85. The van der Waals surface area contributed by atoms with E-state index in [1.54, 1.807) is 0 Å². The summed E-state index contributed by atoms with van der Waals surface area (Å²) in [5.41, 5.74) is 4.32. The molecule has 1 radical (unpaired) electrons. The molecule has 0 amide bonds. The lowest BCUT2D eigenvalue weighted by atomic mass is 10.0. The lowest BCUT2D eigenvalue weighted by Gasteiger charge is -1.99. The summed E-state index contributed by atoms with van der Waals surface area (Å²) in [5, 5.41) is 8.61. The minimum Gasteiger partial charge on any atom is -0.277 e. The van der Waals surface area contributed by atoms with Crippen LogP contribution in [0, 0.1) is 13.0 Å². The first-order valence-corrected chi connectivity index (χ1v) is 5.27. The number of rotatable bonds is 1. The van der Waals surface area contributed by atoms with E-state index in [0.717, 1.165) is 16.8 Å². The summed E-state index contributed by atoms with van der Waals surface area (Å²) < 4.78 is 0. The Labute approximate surface area is 93.9 Å². The third kappa shape index (κ3) is 1.31. The Morgan fingerprint density at radius 3 is 2.88 bits per heavy atom. The molecule has 2 aromatic carbocycles. The van der Waals surface area contributed by atoms with E-state index >= 15 is 0 Å². The third-order valence-electron chi connectivity index (χ3n) is 2.76. The molecular formula is C14H11N2. The molecular weight excluding hydrogens is 196 g/mol. The zero-order valence-electron chi connectivity index (χ0n) is 8.99. The van der Waals surface area contributed by atoms with Crippen LogP contribution in [0.1, 0.15) is 5.56 Å². The smallest absolute Gasteiger partial charge is 0.101 e. The van der Waals surface area contributed by atoms with Gasteiger partial charge in [0.05, 0.1) is 5.52 Å². The zero-order chi connectivity index (χ0) is 11.0. The monoisotopic (exact) mass is 207 g/mol. The molecule has 0 saturated heterocycles. The van der Waals surface area contributed by atoms with Crippen molar-refractivity contribution in [2.24, 2.45) is 0 Å². The van der Waals surface area contributed by atoms with Crippen LogP contribution >= 0.6 is 0 Å². The van der Waals surface area contributed by atoms with E-state index in [1.165, 1.54) is 10.9 Å². The van der Waals surface area contributed by atoms with E-state index in [4.69, 9.17) is 0 Å². The van der Waals surface area contributed by atoms with E-state index in [1.807, 2.05) is 36.4 Å². The average Bonchev–Trinajstić information content (AvgIpc) is 2.75. The van der Waals surface area contributed by atoms with Gasteiger partial charge in [0.15, 0.2) is 0 Å². The van der Waals surface area contributed by atoms with Crippen molar-refractivity contribution < 1.29 is 0 Å². The van der Waals surface area contributed by atoms with Crippen LogP contribution < -0.4 is 0 Å². The van der Waals surface area contributed by atoms with Gasteiger partial charge in [-0.25, -0.2) is 0 Å². The van der Waals surface area contributed by atoms with Gasteiger partial charge in [0, 0.05) is 10.9 Å². The van der Waals surface area contributed by atoms with E-state index < -0.39 is 0 Å². The fraction of sp³-hybridized carbons (Fsp3) is 0.0714. The number of H-pyrrole nitrogens is 1. The maximum Gasteiger partial charge on any atom is 0.101 e. The van der Waals surface area contributed by atoms with Gasteiger partial charge in [0.1, 0.15) is 5.69 Å². The van der Waals surface area contributed by atoms with Crippen molar-refractivity contribution in [3.63, 3.8) is 0 Å². The lowest BCUT2D eigenvalue weighted by molar-refractivity contribution is 1.12. The van der Waals surface area contributed by atoms with Crippen molar-refractivity contribution in [1.29, 1.82) is 0 Å². The molecule has 77 valence electrons. The van der Waals surface area contributed by atoms with Gasteiger partial charge in [-0.15, -0.1) is 0 Å². The van der Waals surface area contributed by atoms with Gasteiger partial charge in [-0.2, -0.15) is 5.10 Å².